The first-order valence-electron chi connectivity index (χ1n) is 11.9. The third-order valence-corrected chi connectivity index (χ3v) is 6.20. The number of amides is 1. The van der Waals surface area contributed by atoms with E-state index in [1.165, 1.54) is 11.0 Å². The molecule has 0 bridgehead atoms. The number of Topliss-reactive ketones (excluding diaryl/α,β-unsaturated/α-hetero) is 1. The highest BCUT2D eigenvalue weighted by molar-refractivity contribution is 6.51. The zero-order valence-electron chi connectivity index (χ0n) is 21.0. The summed E-state index contributed by atoms with van der Waals surface area (Å²) in [5, 5.41) is 22.1. The third kappa shape index (κ3) is 5.13. The number of benzene rings is 3. The van der Waals surface area contributed by atoms with Crippen molar-refractivity contribution in [2.75, 3.05) is 11.5 Å². The average Bonchev–Trinajstić information content (AvgIpc) is 3.11. The summed E-state index contributed by atoms with van der Waals surface area (Å²) in [6.45, 7) is 7.68. The normalized spacial score (nSPS) is 16.9. The molecule has 2 N–H and O–H groups in total. The number of hydrogen-bond acceptors (Lipinski definition) is 6. The summed E-state index contributed by atoms with van der Waals surface area (Å²) in [5.74, 6) is -1.20. The summed E-state index contributed by atoms with van der Waals surface area (Å²) in [4.78, 5) is 28.2. The van der Waals surface area contributed by atoms with Gasteiger partial charge >= 0.3 is 0 Å². The van der Waals surface area contributed by atoms with E-state index >= 15 is 0 Å². The van der Waals surface area contributed by atoms with E-state index in [0.29, 0.717) is 39.8 Å². The molecule has 1 amide bonds. The first kappa shape index (κ1) is 26.1. The number of ketones is 1. The summed E-state index contributed by atoms with van der Waals surface area (Å²) in [7, 11) is 0. The highest BCUT2D eigenvalue weighted by atomic mass is 35.5. The molecule has 8 heteroatoms. The number of ether oxygens (including phenoxy) is 2. The molecule has 1 aliphatic rings. The fourth-order valence-corrected chi connectivity index (χ4v) is 4.60. The molecule has 3 aromatic rings. The highest BCUT2D eigenvalue weighted by Gasteiger charge is 2.47. The van der Waals surface area contributed by atoms with Gasteiger partial charge in [-0.25, -0.2) is 0 Å². The molecule has 0 radical (unpaired) electrons. The van der Waals surface area contributed by atoms with Gasteiger partial charge in [0.15, 0.2) is 11.5 Å². The Hall–Kier alpha value is -3.97. The molecule has 0 aromatic heterocycles. The maximum Gasteiger partial charge on any atom is 0.300 e. The second-order valence-corrected chi connectivity index (χ2v) is 9.39. The van der Waals surface area contributed by atoms with Crippen LogP contribution in [0.5, 0.6) is 17.2 Å². The predicted molar refractivity (Wildman–Crippen MR) is 142 cm³/mol. The van der Waals surface area contributed by atoms with E-state index in [9.17, 15) is 19.8 Å². The summed E-state index contributed by atoms with van der Waals surface area (Å²) in [6.07, 6.45) is -0.0265. The first-order chi connectivity index (χ1) is 17.6. The number of aryl methyl sites for hydroxylation is 1. The molecule has 1 fully saturated rings. The van der Waals surface area contributed by atoms with Gasteiger partial charge in [-0.15, -0.1) is 0 Å². The van der Waals surface area contributed by atoms with E-state index in [2.05, 4.69) is 0 Å². The van der Waals surface area contributed by atoms with Crippen molar-refractivity contribution in [3.05, 3.63) is 87.9 Å². The van der Waals surface area contributed by atoms with Gasteiger partial charge in [0.2, 0.25) is 0 Å². The fourth-order valence-electron chi connectivity index (χ4n) is 4.38. The standard InChI is InChI=1S/C29H28ClNO6/c1-5-36-24-15-19(8-13-23(24)32)26-25(27(33)18-6-10-21(11-7-18)37-16(2)3)28(34)29(35)31(26)22-12-9-20(30)14-17(22)4/h6-16,26,32-33H,5H2,1-4H3/b27-25+. The van der Waals surface area contributed by atoms with Crippen LogP contribution in [0, 0.1) is 6.92 Å². The van der Waals surface area contributed by atoms with Gasteiger partial charge in [0.25, 0.3) is 11.7 Å². The molecule has 0 aliphatic carbocycles. The van der Waals surface area contributed by atoms with Crippen LogP contribution in [0.1, 0.15) is 43.5 Å². The third-order valence-electron chi connectivity index (χ3n) is 5.96. The molecule has 37 heavy (non-hydrogen) atoms. The SMILES string of the molecule is CCOc1cc(C2/C(=C(\O)c3ccc(OC(C)C)cc3)C(=O)C(=O)N2c2ccc(Cl)cc2C)ccc1O. The average molecular weight is 522 g/mol. The van der Waals surface area contributed by atoms with Gasteiger partial charge in [-0.3, -0.25) is 14.5 Å². The van der Waals surface area contributed by atoms with E-state index in [1.807, 2.05) is 13.8 Å². The lowest BCUT2D eigenvalue weighted by atomic mass is 9.94. The largest absolute Gasteiger partial charge is 0.507 e. The van der Waals surface area contributed by atoms with Gasteiger partial charge in [-0.2, -0.15) is 0 Å². The van der Waals surface area contributed by atoms with Crippen molar-refractivity contribution in [1.29, 1.82) is 0 Å². The van der Waals surface area contributed by atoms with Crippen molar-refractivity contribution in [2.45, 2.75) is 39.8 Å². The number of hydrogen-bond donors (Lipinski definition) is 2. The van der Waals surface area contributed by atoms with Crippen molar-refractivity contribution >= 4 is 34.7 Å². The van der Waals surface area contributed by atoms with Crippen LogP contribution >= 0.6 is 11.6 Å². The van der Waals surface area contributed by atoms with Crippen molar-refractivity contribution in [3.8, 4) is 17.2 Å². The van der Waals surface area contributed by atoms with Crippen LogP contribution in [0.4, 0.5) is 5.69 Å². The Bertz CT molecular complexity index is 1380. The van der Waals surface area contributed by atoms with Gasteiger partial charge in [-0.1, -0.05) is 17.7 Å². The molecular formula is C29H28ClNO6. The summed E-state index contributed by atoms with van der Waals surface area (Å²) < 4.78 is 11.2. The molecular weight excluding hydrogens is 494 g/mol. The minimum atomic E-state index is -0.980. The van der Waals surface area contributed by atoms with E-state index in [-0.39, 0.29) is 28.9 Å². The number of anilines is 1. The number of phenolic OH excluding ortho intramolecular Hbond substituents is 1. The van der Waals surface area contributed by atoms with E-state index < -0.39 is 17.7 Å². The first-order valence-corrected chi connectivity index (χ1v) is 12.3. The second kappa shape index (κ2) is 10.6. The van der Waals surface area contributed by atoms with Gasteiger partial charge in [0.05, 0.1) is 24.3 Å². The minimum Gasteiger partial charge on any atom is -0.507 e. The van der Waals surface area contributed by atoms with Gasteiger partial charge in [0.1, 0.15) is 11.5 Å². The molecule has 1 aliphatic heterocycles. The number of carbonyl (C=O) groups excluding carboxylic acids is 2. The maximum atomic E-state index is 13.4. The van der Waals surface area contributed by atoms with Crippen molar-refractivity contribution in [3.63, 3.8) is 0 Å². The molecule has 4 rings (SSSR count). The van der Waals surface area contributed by atoms with E-state index in [4.69, 9.17) is 21.1 Å². The molecule has 1 unspecified atom stereocenters. The molecule has 1 heterocycles. The van der Waals surface area contributed by atoms with Crippen LogP contribution in [0.15, 0.2) is 66.2 Å². The molecule has 1 atom stereocenters. The molecule has 1 saturated heterocycles. The van der Waals surface area contributed by atoms with Crippen molar-refractivity contribution in [2.24, 2.45) is 0 Å². The number of rotatable bonds is 7. The number of aromatic hydroxyl groups is 1. The Morgan fingerprint density at radius 2 is 1.76 bits per heavy atom. The smallest absolute Gasteiger partial charge is 0.300 e. The van der Waals surface area contributed by atoms with Crippen molar-refractivity contribution < 1.29 is 29.3 Å². The van der Waals surface area contributed by atoms with Crippen LogP contribution in [0.2, 0.25) is 5.02 Å². The van der Waals surface area contributed by atoms with Crippen LogP contribution in [-0.2, 0) is 9.59 Å². The monoisotopic (exact) mass is 521 g/mol. The zero-order chi connectivity index (χ0) is 26.9. The second-order valence-electron chi connectivity index (χ2n) is 8.95. The van der Waals surface area contributed by atoms with Crippen LogP contribution in [-0.4, -0.2) is 34.6 Å². The molecule has 0 saturated carbocycles. The maximum absolute atomic E-state index is 13.4. The quantitative estimate of drug-likeness (QED) is 0.219. The molecule has 0 spiro atoms. The number of carbonyl (C=O) groups is 2. The Kier molecular flexibility index (Phi) is 7.45. The summed E-state index contributed by atoms with van der Waals surface area (Å²) >= 11 is 6.14. The topological polar surface area (TPSA) is 96.3 Å². The number of halogens is 1. The number of phenols is 1. The van der Waals surface area contributed by atoms with E-state index in [0.717, 1.165) is 0 Å². The van der Waals surface area contributed by atoms with Crippen LogP contribution in [0.25, 0.3) is 5.76 Å². The number of nitrogens with zero attached hydrogens (tertiary/aromatic N) is 1. The Labute approximate surface area is 220 Å². The lowest BCUT2D eigenvalue weighted by Crippen LogP contribution is -2.30. The Morgan fingerprint density at radius 1 is 1.05 bits per heavy atom. The molecule has 7 nitrogen and oxygen atoms in total. The minimum absolute atomic E-state index is 0.0265. The lowest BCUT2D eigenvalue weighted by molar-refractivity contribution is -0.132. The summed E-state index contributed by atoms with van der Waals surface area (Å²) in [6, 6.07) is 15.3. The number of aliphatic hydroxyl groups is 1. The molecule has 3 aromatic carbocycles. The Morgan fingerprint density at radius 3 is 2.38 bits per heavy atom. The summed E-state index contributed by atoms with van der Waals surface area (Å²) in [5.41, 5.74) is 1.91. The molecule has 192 valence electrons. The van der Waals surface area contributed by atoms with Crippen molar-refractivity contribution in [1.82, 2.24) is 0 Å². The van der Waals surface area contributed by atoms with Crippen LogP contribution in [0.3, 0.4) is 0 Å². The lowest BCUT2D eigenvalue weighted by Gasteiger charge is -2.27. The fraction of sp³-hybridized carbons (Fsp3) is 0.241. The van der Waals surface area contributed by atoms with Gasteiger partial charge in [-0.05, 0) is 93.4 Å². The van der Waals surface area contributed by atoms with Gasteiger partial charge < -0.3 is 19.7 Å². The number of aliphatic hydroxyl groups excluding tert-OH is 1. The van der Waals surface area contributed by atoms with E-state index in [1.54, 1.807) is 68.4 Å². The predicted octanol–water partition coefficient (Wildman–Crippen LogP) is 6.17. The Balaban J connectivity index is 1.92. The highest BCUT2D eigenvalue weighted by Crippen LogP contribution is 2.45. The zero-order valence-corrected chi connectivity index (χ0v) is 21.7. The van der Waals surface area contributed by atoms with Gasteiger partial charge in [0, 0.05) is 16.3 Å². The van der Waals surface area contributed by atoms with Crippen LogP contribution < -0.4 is 14.4 Å².